The summed E-state index contributed by atoms with van der Waals surface area (Å²) in [4.78, 5) is 13.3. The van der Waals surface area contributed by atoms with Crippen LogP contribution >= 0.6 is 23.4 Å². The van der Waals surface area contributed by atoms with Gasteiger partial charge in [-0.25, -0.2) is 4.68 Å². The molecule has 2 fully saturated rings. The predicted molar refractivity (Wildman–Crippen MR) is 122 cm³/mol. The highest BCUT2D eigenvalue weighted by molar-refractivity contribution is 7.99. The Kier molecular flexibility index (Phi) is 8.14. The maximum absolute atomic E-state index is 12.5. The van der Waals surface area contributed by atoms with Gasteiger partial charge < -0.3 is 4.74 Å². The fourth-order valence-corrected chi connectivity index (χ4v) is 6.50. The number of methoxy groups -OCH3 is 1. The Hall–Kier alpha value is -0.520. The van der Waals surface area contributed by atoms with Crippen LogP contribution in [0.1, 0.15) is 78.6 Å². The van der Waals surface area contributed by atoms with Crippen LogP contribution in [0.2, 0.25) is 5.02 Å². The van der Waals surface area contributed by atoms with E-state index < -0.39 is 0 Å². The van der Waals surface area contributed by atoms with Crippen LogP contribution < -0.4 is 5.56 Å². The van der Waals surface area contributed by atoms with Gasteiger partial charge in [0.15, 0.2) is 0 Å². The van der Waals surface area contributed by atoms with Gasteiger partial charge in [0.2, 0.25) is 0 Å². The molecule has 29 heavy (non-hydrogen) atoms. The van der Waals surface area contributed by atoms with Crippen molar-refractivity contribution >= 4 is 23.4 Å². The quantitative estimate of drug-likeness (QED) is 0.498. The summed E-state index contributed by atoms with van der Waals surface area (Å²) in [6.07, 6.45) is 14.1. The summed E-state index contributed by atoms with van der Waals surface area (Å²) in [6, 6.07) is 0. The second-order valence-corrected chi connectivity index (χ2v) is 11.3. The zero-order valence-corrected chi connectivity index (χ0v) is 20.0. The minimum Gasteiger partial charge on any atom is -0.381 e. The number of nitrogens with zero attached hydrogens (tertiary/aromatic N) is 2. The van der Waals surface area contributed by atoms with E-state index in [1.54, 1.807) is 18.0 Å². The van der Waals surface area contributed by atoms with E-state index in [0.717, 1.165) is 16.6 Å². The normalized spacial score (nSPS) is 25.1. The van der Waals surface area contributed by atoms with Crippen molar-refractivity contribution < 1.29 is 4.74 Å². The molecule has 2 saturated carbocycles. The van der Waals surface area contributed by atoms with Gasteiger partial charge in [-0.05, 0) is 77.0 Å². The SMILES string of the molecule is COC(C1CCCCC1)C1CCC(CSc2cnn(C(C)(C)C)c(=O)c2Cl)CC1. The number of halogens is 1. The van der Waals surface area contributed by atoms with Gasteiger partial charge in [0.05, 0.1) is 22.7 Å². The highest BCUT2D eigenvalue weighted by Crippen LogP contribution is 2.40. The van der Waals surface area contributed by atoms with Crippen LogP contribution in [0.25, 0.3) is 0 Å². The Morgan fingerprint density at radius 3 is 2.34 bits per heavy atom. The van der Waals surface area contributed by atoms with Crippen molar-refractivity contribution in [3.05, 3.63) is 21.6 Å². The standard InChI is InChI=1S/C23H37ClN2O2S/c1-23(2,3)26-22(27)20(24)19(14-25-26)29-15-16-10-12-18(13-11-16)21(28-4)17-8-6-5-7-9-17/h14,16-18,21H,5-13,15H2,1-4H3. The number of rotatable bonds is 6. The van der Waals surface area contributed by atoms with E-state index in [-0.39, 0.29) is 11.1 Å². The lowest BCUT2D eigenvalue weighted by atomic mass is 9.73. The lowest BCUT2D eigenvalue weighted by Gasteiger charge is -2.38. The third kappa shape index (κ3) is 5.80. The molecule has 1 aromatic rings. The van der Waals surface area contributed by atoms with Gasteiger partial charge in [-0.1, -0.05) is 30.9 Å². The molecule has 1 unspecified atom stereocenters. The van der Waals surface area contributed by atoms with Crippen molar-refractivity contribution in [1.82, 2.24) is 9.78 Å². The summed E-state index contributed by atoms with van der Waals surface area (Å²) < 4.78 is 7.47. The highest BCUT2D eigenvalue weighted by atomic mass is 35.5. The van der Waals surface area contributed by atoms with Gasteiger partial charge in [-0.15, -0.1) is 11.8 Å². The fourth-order valence-electron chi connectivity index (χ4n) is 5.12. The molecule has 1 aromatic heterocycles. The van der Waals surface area contributed by atoms with Gasteiger partial charge in [-0.2, -0.15) is 5.10 Å². The first kappa shape index (κ1) is 23.1. The number of thioether (sulfide) groups is 1. The molecule has 2 aliphatic rings. The molecule has 2 aliphatic carbocycles. The van der Waals surface area contributed by atoms with E-state index in [1.165, 1.54) is 62.5 Å². The summed E-state index contributed by atoms with van der Waals surface area (Å²) in [5, 5.41) is 4.67. The summed E-state index contributed by atoms with van der Waals surface area (Å²) in [6.45, 7) is 5.89. The largest absolute Gasteiger partial charge is 0.381 e. The van der Waals surface area contributed by atoms with E-state index in [0.29, 0.717) is 23.0 Å². The zero-order valence-electron chi connectivity index (χ0n) is 18.5. The summed E-state index contributed by atoms with van der Waals surface area (Å²) in [5.74, 6) is 3.17. The number of aromatic nitrogens is 2. The Bertz CT molecular complexity index is 717. The molecular formula is C23H37ClN2O2S. The van der Waals surface area contributed by atoms with E-state index in [4.69, 9.17) is 16.3 Å². The average molecular weight is 441 g/mol. The van der Waals surface area contributed by atoms with E-state index in [1.807, 2.05) is 27.9 Å². The van der Waals surface area contributed by atoms with Gasteiger partial charge in [0.25, 0.3) is 5.56 Å². The third-order valence-corrected chi connectivity index (χ3v) is 8.48. The Morgan fingerprint density at radius 1 is 1.14 bits per heavy atom. The molecule has 0 N–H and O–H groups in total. The molecule has 164 valence electrons. The molecule has 0 bridgehead atoms. The highest BCUT2D eigenvalue weighted by Gasteiger charge is 2.33. The Labute approximate surface area is 185 Å². The third-order valence-electron chi connectivity index (χ3n) is 6.74. The van der Waals surface area contributed by atoms with Gasteiger partial charge in [-0.3, -0.25) is 4.79 Å². The van der Waals surface area contributed by atoms with Gasteiger partial charge in [0.1, 0.15) is 5.02 Å². The van der Waals surface area contributed by atoms with Crippen LogP contribution in [-0.4, -0.2) is 28.7 Å². The molecule has 0 aliphatic heterocycles. The molecule has 1 heterocycles. The average Bonchev–Trinajstić information content (AvgIpc) is 2.70. The number of ether oxygens (including phenoxy) is 1. The monoisotopic (exact) mass is 440 g/mol. The van der Waals surface area contributed by atoms with Crippen molar-refractivity contribution in [2.24, 2.45) is 17.8 Å². The molecule has 0 radical (unpaired) electrons. The first-order chi connectivity index (χ1) is 13.8. The molecule has 0 spiro atoms. The molecule has 0 amide bonds. The van der Waals surface area contributed by atoms with Gasteiger partial charge >= 0.3 is 0 Å². The topological polar surface area (TPSA) is 44.1 Å². The lowest BCUT2D eigenvalue weighted by Crippen LogP contribution is -2.36. The van der Waals surface area contributed by atoms with Crippen LogP contribution in [0.15, 0.2) is 15.9 Å². The summed E-state index contributed by atoms with van der Waals surface area (Å²) in [7, 11) is 1.91. The molecule has 0 aromatic carbocycles. The van der Waals surface area contributed by atoms with E-state index >= 15 is 0 Å². The molecule has 4 nitrogen and oxygen atoms in total. The van der Waals surface area contributed by atoms with Crippen LogP contribution in [0.5, 0.6) is 0 Å². The maximum Gasteiger partial charge on any atom is 0.287 e. The van der Waals surface area contributed by atoms with Crippen molar-refractivity contribution in [3.8, 4) is 0 Å². The fraction of sp³-hybridized carbons (Fsp3) is 0.826. The van der Waals surface area contributed by atoms with Crippen LogP contribution in [-0.2, 0) is 10.3 Å². The van der Waals surface area contributed by atoms with Crippen LogP contribution in [0, 0.1) is 17.8 Å². The first-order valence-corrected chi connectivity index (χ1v) is 12.6. The summed E-state index contributed by atoms with van der Waals surface area (Å²) >= 11 is 8.07. The maximum atomic E-state index is 12.5. The number of hydrogen-bond donors (Lipinski definition) is 0. The Balaban J connectivity index is 1.52. The van der Waals surface area contributed by atoms with E-state index in [2.05, 4.69) is 5.10 Å². The van der Waals surface area contributed by atoms with E-state index in [9.17, 15) is 4.79 Å². The molecule has 0 saturated heterocycles. The summed E-state index contributed by atoms with van der Waals surface area (Å²) in [5.41, 5.74) is -0.554. The minimum atomic E-state index is -0.363. The molecule has 1 atom stereocenters. The van der Waals surface area contributed by atoms with Gasteiger partial charge in [0, 0.05) is 12.9 Å². The zero-order chi connectivity index (χ0) is 21.0. The second kappa shape index (κ2) is 10.2. The second-order valence-electron chi connectivity index (χ2n) is 9.90. The predicted octanol–water partition coefficient (Wildman–Crippen LogP) is 6.15. The Morgan fingerprint density at radius 2 is 1.76 bits per heavy atom. The lowest BCUT2D eigenvalue weighted by molar-refractivity contribution is -0.0217. The van der Waals surface area contributed by atoms with Crippen LogP contribution in [0.3, 0.4) is 0 Å². The van der Waals surface area contributed by atoms with Crippen molar-refractivity contribution in [2.45, 2.75) is 95.1 Å². The van der Waals surface area contributed by atoms with Crippen molar-refractivity contribution in [1.29, 1.82) is 0 Å². The van der Waals surface area contributed by atoms with Crippen molar-refractivity contribution in [2.75, 3.05) is 12.9 Å². The first-order valence-electron chi connectivity index (χ1n) is 11.2. The van der Waals surface area contributed by atoms with Crippen LogP contribution in [0.4, 0.5) is 0 Å². The minimum absolute atomic E-state index is 0.191. The van der Waals surface area contributed by atoms with Crippen molar-refractivity contribution in [3.63, 3.8) is 0 Å². The molecular weight excluding hydrogens is 404 g/mol. The molecule has 6 heteroatoms. The smallest absolute Gasteiger partial charge is 0.287 e. The molecule has 3 rings (SSSR count). The number of hydrogen-bond acceptors (Lipinski definition) is 4.